The molecule has 0 aliphatic heterocycles. The maximum absolute atomic E-state index is 12.6. The van der Waals surface area contributed by atoms with Crippen molar-refractivity contribution in [1.82, 2.24) is 14.2 Å². The van der Waals surface area contributed by atoms with Gasteiger partial charge < -0.3 is 4.90 Å². The smallest absolute Gasteiger partial charge is 0.238 e. The molecule has 0 radical (unpaired) electrons. The Morgan fingerprint density at radius 1 is 1.04 bits per heavy atom. The molecule has 0 spiro atoms. The zero-order valence-electron chi connectivity index (χ0n) is 14.5. The Morgan fingerprint density at radius 2 is 1.72 bits per heavy atom. The number of hydrogen-bond acceptors (Lipinski definition) is 4. The van der Waals surface area contributed by atoms with Gasteiger partial charge in [0, 0.05) is 19.3 Å². The Morgan fingerprint density at radius 3 is 2.28 bits per heavy atom. The Labute approximate surface area is 149 Å². The molecule has 134 valence electrons. The van der Waals surface area contributed by atoms with Crippen LogP contribution in [0.3, 0.4) is 0 Å². The fraction of sp³-hybridized carbons (Fsp3) is 0.333. The summed E-state index contributed by atoms with van der Waals surface area (Å²) in [5, 5.41) is 0. The van der Waals surface area contributed by atoms with Crippen molar-refractivity contribution in [2.75, 3.05) is 19.3 Å². The number of sulfonamides is 1. The van der Waals surface area contributed by atoms with Gasteiger partial charge in [-0.1, -0.05) is 36.4 Å². The highest BCUT2D eigenvalue weighted by Crippen LogP contribution is 2.09. The highest BCUT2D eigenvalue weighted by atomic mass is 32.2. The van der Waals surface area contributed by atoms with Gasteiger partial charge in [0.1, 0.15) is 0 Å². The zero-order chi connectivity index (χ0) is 18.3. The third-order valence-electron chi connectivity index (χ3n) is 3.80. The van der Waals surface area contributed by atoms with Gasteiger partial charge in [-0.2, -0.15) is 4.31 Å². The average Bonchev–Trinajstić information content (AvgIpc) is 2.60. The van der Waals surface area contributed by atoms with Crippen molar-refractivity contribution in [3.8, 4) is 0 Å². The summed E-state index contributed by atoms with van der Waals surface area (Å²) in [6.07, 6.45) is 2.71. The van der Waals surface area contributed by atoms with E-state index in [1.807, 2.05) is 37.3 Å². The van der Waals surface area contributed by atoms with E-state index in [0.29, 0.717) is 18.8 Å². The van der Waals surface area contributed by atoms with Crippen LogP contribution < -0.4 is 0 Å². The second-order valence-electron chi connectivity index (χ2n) is 5.75. The topological polar surface area (TPSA) is 70.6 Å². The van der Waals surface area contributed by atoms with Crippen LogP contribution in [0, 0.1) is 0 Å². The summed E-state index contributed by atoms with van der Waals surface area (Å²) in [4.78, 5) is 18.4. The van der Waals surface area contributed by atoms with Gasteiger partial charge in [-0.05, 0) is 24.6 Å². The van der Waals surface area contributed by atoms with Crippen molar-refractivity contribution in [2.24, 2.45) is 0 Å². The number of amides is 1. The average molecular weight is 361 g/mol. The third-order valence-corrected chi connectivity index (χ3v) is 4.99. The first kappa shape index (κ1) is 19.1. The predicted molar refractivity (Wildman–Crippen MR) is 97.0 cm³/mol. The molecule has 1 aromatic carbocycles. The third kappa shape index (κ3) is 5.95. The van der Waals surface area contributed by atoms with E-state index in [1.165, 1.54) is 0 Å². The van der Waals surface area contributed by atoms with E-state index in [-0.39, 0.29) is 19.0 Å². The molecule has 1 amide bonds. The van der Waals surface area contributed by atoms with E-state index in [0.717, 1.165) is 16.1 Å². The van der Waals surface area contributed by atoms with Gasteiger partial charge in [0.15, 0.2) is 0 Å². The first-order valence-electron chi connectivity index (χ1n) is 8.07. The summed E-state index contributed by atoms with van der Waals surface area (Å²) in [6.45, 7) is 2.72. The van der Waals surface area contributed by atoms with Crippen LogP contribution in [0.5, 0.6) is 0 Å². The number of aromatic nitrogens is 1. The van der Waals surface area contributed by atoms with Crippen molar-refractivity contribution in [3.05, 3.63) is 66.0 Å². The number of carbonyl (C=O) groups excluding carboxylic acids is 1. The molecular formula is C18H23N3O3S. The van der Waals surface area contributed by atoms with Crippen LogP contribution in [0.1, 0.15) is 18.2 Å². The van der Waals surface area contributed by atoms with Crippen LogP contribution in [0.25, 0.3) is 0 Å². The number of likely N-dealkylation sites (N-methyl/N-ethyl adjacent to an activating group) is 1. The molecule has 0 saturated carbocycles. The molecule has 25 heavy (non-hydrogen) atoms. The molecule has 0 N–H and O–H groups in total. The van der Waals surface area contributed by atoms with Crippen molar-refractivity contribution in [1.29, 1.82) is 0 Å². The summed E-state index contributed by atoms with van der Waals surface area (Å²) < 4.78 is 25.3. The van der Waals surface area contributed by atoms with Gasteiger partial charge >= 0.3 is 0 Å². The summed E-state index contributed by atoms with van der Waals surface area (Å²) in [6, 6.07) is 14.9. The summed E-state index contributed by atoms with van der Waals surface area (Å²) >= 11 is 0. The molecule has 0 aliphatic rings. The largest absolute Gasteiger partial charge is 0.338 e. The molecule has 0 fully saturated rings. The molecule has 1 aromatic heterocycles. The number of benzene rings is 1. The minimum atomic E-state index is -3.53. The number of hydrogen-bond donors (Lipinski definition) is 0. The lowest BCUT2D eigenvalue weighted by atomic mass is 10.2. The second kappa shape index (κ2) is 8.73. The minimum absolute atomic E-state index is 0.0777. The highest BCUT2D eigenvalue weighted by molar-refractivity contribution is 7.88. The highest BCUT2D eigenvalue weighted by Gasteiger charge is 2.23. The fourth-order valence-corrected chi connectivity index (χ4v) is 3.11. The summed E-state index contributed by atoms with van der Waals surface area (Å²) in [5.74, 6) is -0.229. The van der Waals surface area contributed by atoms with E-state index < -0.39 is 10.0 Å². The molecule has 2 rings (SSSR count). The van der Waals surface area contributed by atoms with Gasteiger partial charge in [0.25, 0.3) is 0 Å². The lowest BCUT2D eigenvalue weighted by Crippen LogP contribution is -2.42. The second-order valence-corrected chi connectivity index (χ2v) is 7.73. The molecule has 2 aromatic rings. The van der Waals surface area contributed by atoms with Crippen LogP contribution in [-0.4, -0.2) is 47.9 Å². The van der Waals surface area contributed by atoms with E-state index >= 15 is 0 Å². The van der Waals surface area contributed by atoms with Crippen LogP contribution in [0.4, 0.5) is 0 Å². The molecule has 0 atom stereocenters. The molecule has 7 heteroatoms. The monoisotopic (exact) mass is 361 g/mol. The molecule has 0 saturated heterocycles. The quantitative estimate of drug-likeness (QED) is 0.720. The first-order valence-corrected chi connectivity index (χ1v) is 9.91. The van der Waals surface area contributed by atoms with E-state index in [1.54, 1.807) is 29.3 Å². The SMILES string of the molecule is CCN(Cc1ccccc1)C(=O)CN(Cc1ccccn1)S(C)(=O)=O. The fourth-order valence-electron chi connectivity index (χ4n) is 2.39. The molecule has 0 unspecified atom stereocenters. The lowest BCUT2D eigenvalue weighted by molar-refractivity contribution is -0.131. The molecule has 1 heterocycles. The van der Waals surface area contributed by atoms with Crippen molar-refractivity contribution in [2.45, 2.75) is 20.0 Å². The van der Waals surface area contributed by atoms with Crippen LogP contribution >= 0.6 is 0 Å². The molecule has 6 nitrogen and oxygen atoms in total. The van der Waals surface area contributed by atoms with Crippen molar-refractivity contribution in [3.63, 3.8) is 0 Å². The number of rotatable bonds is 8. The maximum atomic E-state index is 12.6. The molecular weight excluding hydrogens is 338 g/mol. The summed E-state index contributed by atoms with van der Waals surface area (Å²) in [5.41, 5.74) is 1.61. The Kier molecular flexibility index (Phi) is 6.66. The molecule has 0 aliphatic carbocycles. The summed E-state index contributed by atoms with van der Waals surface area (Å²) in [7, 11) is -3.53. The van der Waals surface area contributed by atoms with Gasteiger partial charge in [0.05, 0.1) is 25.0 Å². The van der Waals surface area contributed by atoms with Crippen molar-refractivity contribution >= 4 is 15.9 Å². The number of carbonyl (C=O) groups is 1. The van der Waals surface area contributed by atoms with E-state index in [4.69, 9.17) is 0 Å². The zero-order valence-corrected chi connectivity index (χ0v) is 15.3. The normalized spacial score (nSPS) is 11.5. The Bertz CT molecular complexity index is 780. The van der Waals surface area contributed by atoms with Crippen LogP contribution in [0.15, 0.2) is 54.7 Å². The Balaban J connectivity index is 2.09. The van der Waals surface area contributed by atoms with Gasteiger partial charge in [-0.3, -0.25) is 9.78 Å². The van der Waals surface area contributed by atoms with Crippen molar-refractivity contribution < 1.29 is 13.2 Å². The van der Waals surface area contributed by atoms with Gasteiger partial charge in [-0.25, -0.2) is 8.42 Å². The van der Waals surface area contributed by atoms with Gasteiger partial charge in [-0.15, -0.1) is 0 Å². The van der Waals surface area contributed by atoms with E-state index in [2.05, 4.69) is 4.98 Å². The van der Waals surface area contributed by atoms with Gasteiger partial charge in [0.2, 0.25) is 15.9 Å². The Hall–Kier alpha value is -2.25. The van der Waals surface area contributed by atoms with Crippen LogP contribution in [-0.2, 0) is 27.9 Å². The number of pyridine rings is 1. The first-order chi connectivity index (χ1) is 11.9. The predicted octanol–water partition coefficient (Wildman–Crippen LogP) is 1.89. The minimum Gasteiger partial charge on any atom is -0.338 e. The molecule has 0 bridgehead atoms. The lowest BCUT2D eigenvalue weighted by Gasteiger charge is -2.25. The maximum Gasteiger partial charge on any atom is 0.238 e. The van der Waals surface area contributed by atoms with Crippen LogP contribution in [0.2, 0.25) is 0 Å². The standard InChI is InChI=1S/C18H23N3O3S/c1-3-20(13-16-9-5-4-6-10-16)18(22)15-21(25(2,23)24)14-17-11-7-8-12-19-17/h4-12H,3,13-15H2,1-2H3. The van der Waals surface area contributed by atoms with E-state index in [9.17, 15) is 13.2 Å². The number of nitrogens with zero attached hydrogens (tertiary/aromatic N) is 3.